The summed E-state index contributed by atoms with van der Waals surface area (Å²) in [5.41, 5.74) is 0.229. The summed E-state index contributed by atoms with van der Waals surface area (Å²) < 4.78 is 0. The number of hydrogen-bond acceptors (Lipinski definition) is 1. The van der Waals surface area contributed by atoms with Gasteiger partial charge in [-0.1, -0.05) is 46.5 Å². The minimum absolute atomic E-state index is 0.0486. The molecule has 16 heavy (non-hydrogen) atoms. The van der Waals surface area contributed by atoms with Crippen LogP contribution in [-0.4, -0.2) is 17.4 Å². The molecule has 1 amide bonds. The molecule has 0 N–H and O–H groups in total. The summed E-state index contributed by atoms with van der Waals surface area (Å²) in [7, 11) is 0. The minimum atomic E-state index is 0.0486. The van der Waals surface area contributed by atoms with Crippen LogP contribution in [0, 0.1) is 17.4 Å². The number of hydrogen-bond donors (Lipinski definition) is 0. The molecule has 0 unspecified atom stereocenters. The second-order valence-electron chi connectivity index (χ2n) is 6.50. The molecule has 0 aromatic rings. The molecule has 94 valence electrons. The van der Waals surface area contributed by atoms with Crippen molar-refractivity contribution in [2.45, 2.75) is 60.3 Å². The molecule has 1 heterocycles. The molecule has 0 aliphatic carbocycles. The van der Waals surface area contributed by atoms with Crippen LogP contribution in [0.3, 0.4) is 0 Å². The molecule has 1 aliphatic rings. The largest absolute Gasteiger partial charge is 0.492 e. The molecule has 0 spiro atoms. The quantitative estimate of drug-likeness (QED) is 0.656. The van der Waals surface area contributed by atoms with Crippen LogP contribution in [0.2, 0.25) is 0 Å². The standard InChI is InChI=1S/C14H26NO/c1-13(2,3)14(4,5)11-15-10-8-6-7-9-12(15)16/h11H,6-10H2,1-5H3/q-1. The van der Waals surface area contributed by atoms with E-state index in [1.807, 2.05) is 4.90 Å². The predicted molar refractivity (Wildman–Crippen MR) is 67.7 cm³/mol. The Hall–Kier alpha value is -0.530. The molecular formula is C14H26NO-. The second kappa shape index (κ2) is 4.77. The highest BCUT2D eigenvalue weighted by Crippen LogP contribution is 2.41. The van der Waals surface area contributed by atoms with Gasteiger partial charge in [0.15, 0.2) is 5.91 Å². The van der Waals surface area contributed by atoms with E-state index in [0.717, 1.165) is 25.8 Å². The van der Waals surface area contributed by atoms with Gasteiger partial charge in [-0.25, -0.2) is 6.54 Å². The van der Waals surface area contributed by atoms with Gasteiger partial charge in [-0.3, -0.25) is 4.79 Å². The Morgan fingerprint density at radius 2 is 1.69 bits per heavy atom. The molecule has 1 saturated heterocycles. The third-order valence-corrected chi connectivity index (χ3v) is 4.02. The zero-order chi connectivity index (χ0) is 12.4. The number of likely N-dealkylation sites (tertiary alicyclic amines) is 1. The summed E-state index contributed by atoms with van der Waals surface area (Å²) in [6, 6.07) is 0. The summed E-state index contributed by atoms with van der Waals surface area (Å²) in [6.07, 6.45) is 4.10. The first-order valence-electron chi connectivity index (χ1n) is 6.39. The number of carbonyl (C=O) groups excluding carboxylic acids is 1. The smallest absolute Gasteiger partial charge is 0.193 e. The van der Waals surface area contributed by atoms with E-state index in [2.05, 4.69) is 41.2 Å². The van der Waals surface area contributed by atoms with Gasteiger partial charge in [-0.15, -0.1) is 5.41 Å². The fraction of sp³-hybridized carbons (Fsp3) is 0.857. The highest BCUT2D eigenvalue weighted by atomic mass is 16.2. The van der Waals surface area contributed by atoms with E-state index in [9.17, 15) is 4.79 Å². The Balaban J connectivity index is 2.67. The lowest BCUT2D eigenvalue weighted by atomic mass is 9.69. The molecule has 1 rings (SSSR count). The molecule has 0 atom stereocenters. The number of carbonyl (C=O) groups is 1. The Morgan fingerprint density at radius 1 is 1.06 bits per heavy atom. The zero-order valence-corrected chi connectivity index (χ0v) is 11.5. The van der Waals surface area contributed by atoms with Crippen LogP contribution in [0.4, 0.5) is 0 Å². The summed E-state index contributed by atoms with van der Waals surface area (Å²) >= 11 is 0. The fourth-order valence-electron chi connectivity index (χ4n) is 1.72. The van der Waals surface area contributed by atoms with Crippen LogP contribution in [0.5, 0.6) is 0 Å². The lowest BCUT2D eigenvalue weighted by Crippen LogP contribution is -2.40. The maximum atomic E-state index is 11.9. The molecule has 0 saturated carbocycles. The summed E-state index contributed by atoms with van der Waals surface area (Å²) in [5, 5.41) is 0. The van der Waals surface area contributed by atoms with Gasteiger partial charge in [0.2, 0.25) is 0 Å². The zero-order valence-electron chi connectivity index (χ0n) is 11.5. The molecule has 0 aromatic carbocycles. The van der Waals surface area contributed by atoms with E-state index in [4.69, 9.17) is 0 Å². The summed E-state index contributed by atoms with van der Waals surface area (Å²) in [6.45, 7) is 14.2. The van der Waals surface area contributed by atoms with Gasteiger partial charge in [0.1, 0.15) is 0 Å². The van der Waals surface area contributed by atoms with Crippen molar-refractivity contribution in [3.05, 3.63) is 6.54 Å². The summed E-state index contributed by atoms with van der Waals surface area (Å²) in [5.74, 6) is 0.301. The van der Waals surface area contributed by atoms with Gasteiger partial charge in [0.25, 0.3) is 0 Å². The molecular weight excluding hydrogens is 198 g/mol. The molecule has 0 radical (unpaired) electrons. The van der Waals surface area contributed by atoms with Crippen LogP contribution in [0.15, 0.2) is 0 Å². The van der Waals surface area contributed by atoms with E-state index < -0.39 is 0 Å². The molecule has 2 nitrogen and oxygen atoms in total. The van der Waals surface area contributed by atoms with Gasteiger partial charge in [-0.05, 0) is 19.4 Å². The Morgan fingerprint density at radius 3 is 2.25 bits per heavy atom. The van der Waals surface area contributed by atoms with E-state index >= 15 is 0 Å². The van der Waals surface area contributed by atoms with Gasteiger partial charge >= 0.3 is 0 Å². The van der Waals surface area contributed by atoms with Crippen LogP contribution in [0.25, 0.3) is 0 Å². The number of amides is 1. The molecule has 1 aliphatic heterocycles. The lowest BCUT2D eigenvalue weighted by molar-refractivity contribution is -0.130. The van der Waals surface area contributed by atoms with Crippen LogP contribution < -0.4 is 0 Å². The van der Waals surface area contributed by atoms with E-state index in [1.54, 1.807) is 0 Å². The van der Waals surface area contributed by atoms with Crippen molar-refractivity contribution in [1.82, 2.24) is 4.90 Å². The average molecular weight is 224 g/mol. The SMILES string of the molecule is CC(C)(C)C(C)(C)[CH-]N1CCCCCC1=O. The topological polar surface area (TPSA) is 20.3 Å². The third-order valence-electron chi connectivity index (χ3n) is 4.02. The Bertz CT molecular complexity index is 250. The van der Waals surface area contributed by atoms with Crippen molar-refractivity contribution in [3.8, 4) is 0 Å². The van der Waals surface area contributed by atoms with E-state index in [1.165, 1.54) is 6.42 Å². The highest BCUT2D eigenvalue weighted by molar-refractivity contribution is 5.77. The van der Waals surface area contributed by atoms with Gasteiger partial charge < -0.3 is 4.90 Å². The molecule has 0 aromatic heterocycles. The summed E-state index contributed by atoms with van der Waals surface area (Å²) in [4.78, 5) is 13.9. The highest BCUT2D eigenvalue weighted by Gasteiger charge is 2.27. The third kappa shape index (κ3) is 3.23. The molecule has 2 heteroatoms. The lowest BCUT2D eigenvalue weighted by Gasteiger charge is -2.52. The van der Waals surface area contributed by atoms with Crippen LogP contribution in [0.1, 0.15) is 60.3 Å². The average Bonchev–Trinajstić information content (AvgIpc) is 2.30. The Kier molecular flexibility index (Phi) is 4.03. The first-order chi connectivity index (χ1) is 7.24. The van der Waals surface area contributed by atoms with E-state index in [-0.39, 0.29) is 10.8 Å². The minimum Gasteiger partial charge on any atom is -0.492 e. The van der Waals surface area contributed by atoms with Crippen molar-refractivity contribution in [3.63, 3.8) is 0 Å². The van der Waals surface area contributed by atoms with Crippen LogP contribution in [-0.2, 0) is 4.79 Å². The second-order valence-corrected chi connectivity index (χ2v) is 6.50. The first kappa shape index (κ1) is 13.5. The monoisotopic (exact) mass is 224 g/mol. The van der Waals surface area contributed by atoms with Crippen molar-refractivity contribution in [2.75, 3.05) is 6.54 Å². The Labute approximate surface area is 100 Å². The molecule has 0 bridgehead atoms. The first-order valence-corrected chi connectivity index (χ1v) is 6.39. The van der Waals surface area contributed by atoms with Crippen LogP contribution >= 0.6 is 0 Å². The number of rotatable bonds is 2. The molecule has 1 fully saturated rings. The van der Waals surface area contributed by atoms with Crippen molar-refractivity contribution >= 4 is 5.91 Å². The predicted octanol–water partition coefficient (Wildman–Crippen LogP) is 3.62. The normalized spacial score (nSPS) is 19.8. The van der Waals surface area contributed by atoms with Gasteiger partial charge in [0.05, 0.1) is 0 Å². The number of nitrogens with zero attached hydrogens (tertiary/aromatic N) is 1. The maximum Gasteiger partial charge on any atom is 0.193 e. The fourth-order valence-corrected chi connectivity index (χ4v) is 1.72. The van der Waals surface area contributed by atoms with E-state index in [0.29, 0.717) is 5.91 Å². The van der Waals surface area contributed by atoms with Crippen molar-refractivity contribution in [2.24, 2.45) is 10.8 Å². The maximum absolute atomic E-state index is 11.9. The van der Waals surface area contributed by atoms with Gasteiger partial charge in [0, 0.05) is 6.42 Å². The van der Waals surface area contributed by atoms with Gasteiger partial charge in [-0.2, -0.15) is 0 Å². The van der Waals surface area contributed by atoms with Crippen molar-refractivity contribution < 1.29 is 4.79 Å². The van der Waals surface area contributed by atoms with Crippen molar-refractivity contribution in [1.29, 1.82) is 0 Å².